The van der Waals surface area contributed by atoms with Crippen molar-refractivity contribution in [3.05, 3.63) is 41.0 Å². The zero-order valence-corrected chi connectivity index (χ0v) is 9.32. The first-order valence-corrected chi connectivity index (χ1v) is 5.35. The fraction of sp³-hybridized carbons (Fsp3) is 0. The number of nitrogens with zero attached hydrogens (tertiary/aromatic N) is 1. The summed E-state index contributed by atoms with van der Waals surface area (Å²) in [5, 5.41) is 18.2. The van der Waals surface area contributed by atoms with Gasteiger partial charge in [0, 0.05) is 10.8 Å². The lowest BCUT2D eigenvalue weighted by atomic mass is 10.1. The minimum Gasteiger partial charge on any atom is -0.477 e. The normalized spacial score (nSPS) is 11.1. The van der Waals surface area contributed by atoms with Crippen LogP contribution in [-0.4, -0.2) is 21.3 Å². The van der Waals surface area contributed by atoms with Gasteiger partial charge in [-0.1, -0.05) is 35.9 Å². The van der Waals surface area contributed by atoms with Crippen LogP contribution in [0.4, 0.5) is 0 Å². The van der Waals surface area contributed by atoms with Crippen molar-refractivity contribution in [2.24, 2.45) is 0 Å². The topological polar surface area (TPSA) is 66.0 Å². The standard InChI is InChI=1S/C12H7ClN2O2/c13-9-7-4-2-1-3-6(7)5-8-10(9)14-15-11(8)12(16)17/h1-5H,(H,14,15)(H,16,17). The van der Waals surface area contributed by atoms with E-state index in [4.69, 9.17) is 16.7 Å². The lowest BCUT2D eigenvalue weighted by Gasteiger charge is -2.01. The quantitative estimate of drug-likeness (QED) is 0.693. The molecule has 0 spiro atoms. The van der Waals surface area contributed by atoms with Crippen molar-refractivity contribution >= 4 is 39.2 Å². The van der Waals surface area contributed by atoms with E-state index in [0.29, 0.717) is 15.9 Å². The number of aromatic nitrogens is 2. The Morgan fingerprint density at radius 3 is 2.82 bits per heavy atom. The van der Waals surface area contributed by atoms with Crippen LogP contribution in [0.15, 0.2) is 30.3 Å². The van der Waals surface area contributed by atoms with Crippen molar-refractivity contribution < 1.29 is 9.90 Å². The molecule has 1 heterocycles. The number of carboxylic acids is 1. The number of aromatic carboxylic acids is 1. The van der Waals surface area contributed by atoms with Crippen LogP contribution in [0.2, 0.25) is 5.02 Å². The van der Waals surface area contributed by atoms with Crippen LogP contribution in [0.1, 0.15) is 10.5 Å². The Balaban J connectivity index is 2.52. The van der Waals surface area contributed by atoms with Crippen LogP contribution in [0.5, 0.6) is 0 Å². The summed E-state index contributed by atoms with van der Waals surface area (Å²) in [6, 6.07) is 9.31. The maximum atomic E-state index is 11.0. The van der Waals surface area contributed by atoms with Crippen molar-refractivity contribution in [3.63, 3.8) is 0 Å². The lowest BCUT2D eigenvalue weighted by molar-refractivity contribution is 0.0692. The molecule has 0 bridgehead atoms. The summed E-state index contributed by atoms with van der Waals surface area (Å²) in [5.41, 5.74) is 0.551. The van der Waals surface area contributed by atoms with Crippen molar-refractivity contribution in [1.82, 2.24) is 10.2 Å². The van der Waals surface area contributed by atoms with Crippen LogP contribution in [-0.2, 0) is 0 Å². The van der Waals surface area contributed by atoms with E-state index in [2.05, 4.69) is 10.2 Å². The molecule has 0 radical (unpaired) electrons. The number of rotatable bonds is 1. The van der Waals surface area contributed by atoms with Gasteiger partial charge in [0.15, 0.2) is 5.69 Å². The second-order valence-corrected chi connectivity index (χ2v) is 4.09. The van der Waals surface area contributed by atoms with Crippen molar-refractivity contribution in [3.8, 4) is 0 Å². The molecule has 3 rings (SSSR count). The lowest BCUT2D eigenvalue weighted by Crippen LogP contribution is -1.96. The van der Waals surface area contributed by atoms with E-state index in [-0.39, 0.29) is 5.69 Å². The van der Waals surface area contributed by atoms with Crippen molar-refractivity contribution in [1.29, 1.82) is 0 Å². The summed E-state index contributed by atoms with van der Waals surface area (Å²) in [6.45, 7) is 0. The Kier molecular flexibility index (Phi) is 2.06. The second kappa shape index (κ2) is 3.46. The molecule has 2 N–H and O–H groups in total. The number of fused-ring (bicyclic) bond motifs is 2. The van der Waals surface area contributed by atoms with E-state index >= 15 is 0 Å². The molecule has 0 amide bonds. The molecule has 0 aliphatic carbocycles. The molecular weight excluding hydrogens is 240 g/mol. The average molecular weight is 247 g/mol. The van der Waals surface area contributed by atoms with Gasteiger partial charge in [0.1, 0.15) is 5.52 Å². The minimum absolute atomic E-state index is 0.0626. The third-order valence-corrected chi connectivity index (χ3v) is 3.11. The zero-order chi connectivity index (χ0) is 12.0. The number of benzene rings is 2. The van der Waals surface area contributed by atoms with Gasteiger partial charge >= 0.3 is 5.97 Å². The highest BCUT2D eigenvalue weighted by molar-refractivity contribution is 6.40. The van der Waals surface area contributed by atoms with E-state index in [9.17, 15) is 4.79 Å². The third-order valence-electron chi connectivity index (χ3n) is 2.72. The number of aromatic amines is 1. The van der Waals surface area contributed by atoms with E-state index in [0.717, 1.165) is 10.8 Å². The molecule has 0 atom stereocenters. The first-order chi connectivity index (χ1) is 8.18. The molecule has 84 valence electrons. The summed E-state index contributed by atoms with van der Waals surface area (Å²) in [4.78, 5) is 11.0. The van der Waals surface area contributed by atoms with Crippen molar-refractivity contribution in [2.75, 3.05) is 0 Å². The van der Waals surface area contributed by atoms with Gasteiger partial charge < -0.3 is 5.11 Å². The predicted octanol–water partition coefficient (Wildman–Crippen LogP) is 3.07. The first-order valence-electron chi connectivity index (χ1n) is 4.97. The fourth-order valence-corrected chi connectivity index (χ4v) is 2.24. The highest BCUT2D eigenvalue weighted by atomic mass is 35.5. The molecule has 5 heteroatoms. The molecule has 0 saturated heterocycles. The molecule has 1 aromatic heterocycles. The van der Waals surface area contributed by atoms with Gasteiger partial charge in [-0.15, -0.1) is 0 Å². The third kappa shape index (κ3) is 1.38. The molecule has 0 unspecified atom stereocenters. The Morgan fingerprint density at radius 2 is 2.06 bits per heavy atom. The SMILES string of the molecule is O=C(O)c1[nH]nc2c(Cl)c3ccccc3cc12. The monoisotopic (exact) mass is 246 g/mol. The fourth-order valence-electron chi connectivity index (χ4n) is 1.93. The smallest absolute Gasteiger partial charge is 0.354 e. The summed E-state index contributed by atoms with van der Waals surface area (Å²) in [5.74, 6) is -1.04. The molecule has 4 nitrogen and oxygen atoms in total. The van der Waals surface area contributed by atoms with E-state index in [1.54, 1.807) is 6.07 Å². The predicted molar refractivity (Wildman–Crippen MR) is 65.6 cm³/mol. The van der Waals surface area contributed by atoms with E-state index in [1.165, 1.54) is 0 Å². The molecule has 0 fully saturated rings. The molecule has 2 aromatic carbocycles. The molecule has 0 aliphatic rings. The molecule has 0 saturated carbocycles. The van der Waals surface area contributed by atoms with Gasteiger partial charge in [-0.3, -0.25) is 5.10 Å². The zero-order valence-electron chi connectivity index (χ0n) is 8.57. The number of nitrogens with one attached hydrogen (secondary N) is 1. The highest BCUT2D eigenvalue weighted by Crippen LogP contribution is 2.32. The molecule has 3 aromatic rings. The maximum absolute atomic E-state index is 11.0. The first kappa shape index (κ1) is 10.1. The molecular formula is C12H7ClN2O2. The van der Waals surface area contributed by atoms with Gasteiger partial charge in [0.2, 0.25) is 0 Å². The van der Waals surface area contributed by atoms with Crippen LogP contribution in [0.25, 0.3) is 21.7 Å². The number of hydrogen-bond donors (Lipinski definition) is 2. The highest BCUT2D eigenvalue weighted by Gasteiger charge is 2.15. The van der Waals surface area contributed by atoms with E-state index < -0.39 is 5.97 Å². The number of carboxylic acid groups (broad SMARTS) is 1. The number of carbonyl (C=O) groups is 1. The van der Waals surface area contributed by atoms with Gasteiger partial charge in [-0.05, 0) is 11.5 Å². The average Bonchev–Trinajstić information content (AvgIpc) is 2.73. The number of halogens is 1. The van der Waals surface area contributed by atoms with Gasteiger partial charge in [-0.25, -0.2) is 4.79 Å². The Morgan fingerprint density at radius 1 is 1.29 bits per heavy atom. The number of hydrogen-bond acceptors (Lipinski definition) is 2. The minimum atomic E-state index is -1.04. The van der Waals surface area contributed by atoms with Crippen LogP contribution in [0.3, 0.4) is 0 Å². The van der Waals surface area contributed by atoms with Gasteiger partial charge in [-0.2, -0.15) is 5.10 Å². The largest absolute Gasteiger partial charge is 0.477 e. The Labute approximate surface area is 101 Å². The molecule has 17 heavy (non-hydrogen) atoms. The number of H-pyrrole nitrogens is 1. The summed E-state index contributed by atoms with van der Waals surface area (Å²) in [7, 11) is 0. The van der Waals surface area contributed by atoms with Crippen LogP contribution < -0.4 is 0 Å². The van der Waals surface area contributed by atoms with Crippen molar-refractivity contribution in [2.45, 2.75) is 0 Å². The summed E-state index contributed by atoms with van der Waals surface area (Å²) >= 11 is 6.22. The summed E-state index contributed by atoms with van der Waals surface area (Å²) < 4.78 is 0. The van der Waals surface area contributed by atoms with Crippen LogP contribution >= 0.6 is 11.6 Å². The van der Waals surface area contributed by atoms with Gasteiger partial charge in [0.25, 0.3) is 0 Å². The molecule has 0 aliphatic heterocycles. The van der Waals surface area contributed by atoms with Gasteiger partial charge in [0.05, 0.1) is 5.02 Å². The maximum Gasteiger partial charge on any atom is 0.354 e. The van der Waals surface area contributed by atoms with Crippen LogP contribution in [0, 0.1) is 0 Å². The summed E-state index contributed by atoms with van der Waals surface area (Å²) in [6.07, 6.45) is 0. The van der Waals surface area contributed by atoms with E-state index in [1.807, 2.05) is 24.3 Å². The Bertz CT molecular complexity index is 749. The second-order valence-electron chi connectivity index (χ2n) is 3.71. The Hall–Kier alpha value is -2.07.